The first-order valence-electron chi connectivity index (χ1n) is 7.66. The summed E-state index contributed by atoms with van der Waals surface area (Å²) in [6.45, 7) is 6.11. The Bertz CT molecular complexity index is 528. The minimum absolute atomic E-state index is 0. The molecule has 2 aliphatic heterocycles. The van der Waals surface area contributed by atoms with Crippen LogP contribution in [0, 0.1) is 5.92 Å². The van der Waals surface area contributed by atoms with Crippen LogP contribution >= 0.6 is 24.0 Å². The van der Waals surface area contributed by atoms with E-state index in [1.165, 1.54) is 12.8 Å². The number of piperidine rings is 1. The number of hydrogen-bond donors (Lipinski definition) is 1. The fourth-order valence-corrected chi connectivity index (χ4v) is 2.70. The topological polar surface area (TPSA) is 60.1 Å². The molecule has 0 saturated carbocycles. The molecular weight excluding hydrogens is 393 g/mol. The van der Waals surface area contributed by atoms with E-state index in [9.17, 15) is 0 Å². The number of nitrogens with two attached hydrogens (primary N) is 1. The van der Waals surface area contributed by atoms with Crippen molar-refractivity contribution in [3.05, 3.63) is 23.8 Å². The van der Waals surface area contributed by atoms with E-state index in [0.717, 1.165) is 36.1 Å². The first-order valence-corrected chi connectivity index (χ1v) is 7.66. The molecule has 2 aliphatic rings. The number of benzene rings is 1. The fraction of sp³-hybridized carbons (Fsp3) is 0.562. The van der Waals surface area contributed by atoms with Crippen LogP contribution in [0.4, 0.5) is 0 Å². The van der Waals surface area contributed by atoms with Crippen LogP contribution in [0.5, 0.6) is 11.5 Å². The van der Waals surface area contributed by atoms with Crippen LogP contribution in [0.2, 0.25) is 0 Å². The van der Waals surface area contributed by atoms with E-state index in [0.29, 0.717) is 25.7 Å². The molecule has 1 saturated heterocycles. The summed E-state index contributed by atoms with van der Waals surface area (Å²) in [5, 5.41) is 0. The number of ether oxygens (including phenoxy) is 2. The van der Waals surface area contributed by atoms with Gasteiger partial charge in [0.2, 0.25) is 0 Å². The van der Waals surface area contributed by atoms with Crippen LogP contribution in [0.3, 0.4) is 0 Å². The highest BCUT2D eigenvalue weighted by Crippen LogP contribution is 2.30. The second-order valence-corrected chi connectivity index (χ2v) is 5.82. The molecule has 0 atom stereocenters. The first-order chi connectivity index (χ1) is 10.2. The second-order valence-electron chi connectivity index (χ2n) is 5.82. The predicted molar refractivity (Wildman–Crippen MR) is 98.1 cm³/mol. The van der Waals surface area contributed by atoms with Gasteiger partial charge in [-0.15, -0.1) is 24.0 Å². The Morgan fingerprint density at radius 1 is 1.23 bits per heavy atom. The normalized spacial score (nSPS) is 18.8. The molecule has 22 heavy (non-hydrogen) atoms. The zero-order valence-corrected chi connectivity index (χ0v) is 15.3. The van der Waals surface area contributed by atoms with Gasteiger partial charge in [-0.3, -0.25) is 0 Å². The third-order valence-electron chi connectivity index (χ3n) is 4.14. The van der Waals surface area contributed by atoms with E-state index in [4.69, 9.17) is 15.2 Å². The summed E-state index contributed by atoms with van der Waals surface area (Å²) < 4.78 is 11.1. The van der Waals surface area contributed by atoms with Crippen LogP contribution in [0.25, 0.3) is 0 Å². The Kier molecular flexibility index (Phi) is 6.16. The van der Waals surface area contributed by atoms with Crippen LogP contribution in [-0.4, -0.2) is 37.2 Å². The van der Waals surface area contributed by atoms with Gasteiger partial charge in [-0.1, -0.05) is 13.0 Å². The standard InChI is InChI=1S/C16H23N3O2.HI/c1-12-4-6-19(7-5-12)16(17)18-11-13-2-3-14-15(10-13)21-9-8-20-14;/h2-3,10,12H,4-9,11H2,1H3,(H2,17,18);1H. The third-order valence-corrected chi connectivity index (χ3v) is 4.14. The van der Waals surface area contributed by atoms with Gasteiger partial charge in [-0.05, 0) is 36.5 Å². The van der Waals surface area contributed by atoms with E-state index >= 15 is 0 Å². The van der Waals surface area contributed by atoms with Gasteiger partial charge in [0.25, 0.3) is 0 Å². The van der Waals surface area contributed by atoms with Crippen LogP contribution in [-0.2, 0) is 6.54 Å². The molecule has 2 heterocycles. The number of hydrogen-bond acceptors (Lipinski definition) is 3. The maximum absolute atomic E-state index is 6.10. The smallest absolute Gasteiger partial charge is 0.191 e. The molecule has 3 rings (SSSR count). The number of fused-ring (bicyclic) bond motifs is 1. The number of rotatable bonds is 2. The SMILES string of the molecule is CC1CCN(C(N)=NCc2ccc3c(c2)OCCO3)CC1.I. The van der Waals surface area contributed by atoms with E-state index < -0.39 is 0 Å². The number of halogens is 1. The quantitative estimate of drug-likeness (QED) is 0.457. The van der Waals surface area contributed by atoms with Crippen molar-refractivity contribution < 1.29 is 9.47 Å². The minimum atomic E-state index is 0. The lowest BCUT2D eigenvalue weighted by atomic mass is 10.00. The lowest BCUT2D eigenvalue weighted by molar-refractivity contribution is 0.171. The molecule has 0 bridgehead atoms. The Balaban J connectivity index is 0.00000176. The molecular formula is C16H24IN3O2. The zero-order chi connectivity index (χ0) is 14.7. The van der Waals surface area contributed by atoms with Crippen molar-refractivity contribution in [3.63, 3.8) is 0 Å². The zero-order valence-electron chi connectivity index (χ0n) is 13.0. The summed E-state index contributed by atoms with van der Waals surface area (Å²) >= 11 is 0. The molecule has 0 amide bonds. The maximum atomic E-state index is 6.10. The number of aliphatic imine (C=N–C) groups is 1. The highest BCUT2D eigenvalue weighted by molar-refractivity contribution is 14.0. The van der Waals surface area contributed by atoms with Crippen molar-refractivity contribution in [2.75, 3.05) is 26.3 Å². The van der Waals surface area contributed by atoms with Crippen molar-refractivity contribution >= 4 is 29.9 Å². The fourth-order valence-electron chi connectivity index (χ4n) is 2.70. The molecule has 122 valence electrons. The predicted octanol–water partition coefficient (Wildman–Crippen LogP) is 2.62. The highest BCUT2D eigenvalue weighted by atomic mass is 127. The number of nitrogens with zero attached hydrogens (tertiary/aromatic N) is 2. The summed E-state index contributed by atoms with van der Waals surface area (Å²) in [5.74, 6) is 3.06. The Morgan fingerprint density at radius 2 is 1.91 bits per heavy atom. The van der Waals surface area contributed by atoms with Crippen LogP contribution < -0.4 is 15.2 Å². The van der Waals surface area contributed by atoms with Crippen molar-refractivity contribution in [1.82, 2.24) is 4.90 Å². The van der Waals surface area contributed by atoms with Crippen molar-refractivity contribution in [1.29, 1.82) is 0 Å². The average Bonchev–Trinajstić information content (AvgIpc) is 2.53. The van der Waals surface area contributed by atoms with Gasteiger partial charge in [0, 0.05) is 13.1 Å². The third kappa shape index (κ3) is 4.18. The van der Waals surface area contributed by atoms with E-state index in [2.05, 4.69) is 16.8 Å². The van der Waals surface area contributed by atoms with Gasteiger partial charge in [-0.25, -0.2) is 4.99 Å². The summed E-state index contributed by atoms with van der Waals surface area (Å²) in [7, 11) is 0. The van der Waals surface area contributed by atoms with Crippen molar-refractivity contribution in [2.24, 2.45) is 16.6 Å². The summed E-state index contributed by atoms with van der Waals surface area (Å²) in [5.41, 5.74) is 7.19. The van der Waals surface area contributed by atoms with Gasteiger partial charge in [0.15, 0.2) is 17.5 Å². The monoisotopic (exact) mass is 417 g/mol. The van der Waals surface area contributed by atoms with Crippen molar-refractivity contribution in [2.45, 2.75) is 26.3 Å². The molecule has 0 aromatic heterocycles. The van der Waals surface area contributed by atoms with Gasteiger partial charge < -0.3 is 20.1 Å². The second kappa shape index (κ2) is 7.89. The summed E-state index contributed by atoms with van der Waals surface area (Å²) in [6, 6.07) is 5.95. The lowest BCUT2D eigenvalue weighted by Crippen LogP contribution is -2.42. The first kappa shape index (κ1) is 17.2. The Hall–Kier alpha value is -1.18. The largest absolute Gasteiger partial charge is 0.486 e. The Labute approximate surface area is 148 Å². The van der Waals surface area contributed by atoms with Gasteiger partial charge in [0.05, 0.1) is 6.54 Å². The molecule has 0 spiro atoms. The molecule has 0 radical (unpaired) electrons. The molecule has 1 fully saturated rings. The van der Waals surface area contributed by atoms with Crippen LogP contribution in [0.1, 0.15) is 25.3 Å². The van der Waals surface area contributed by atoms with Gasteiger partial charge in [-0.2, -0.15) is 0 Å². The van der Waals surface area contributed by atoms with Gasteiger partial charge in [0.1, 0.15) is 13.2 Å². The Morgan fingerprint density at radius 3 is 2.64 bits per heavy atom. The molecule has 2 N–H and O–H groups in total. The van der Waals surface area contributed by atoms with E-state index in [-0.39, 0.29) is 24.0 Å². The summed E-state index contributed by atoms with van der Waals surface area (Å²) in [6.07, 6.45) is 2.39. The van der Waals surface area contributed by atoms with Crippen molar-refractivity contribution in [3.8, 4) is 11.5 Å². The summed E-state index contributed by atoms with van der Waals surface area (Å²) in [4.78, 5) is 6.69. The van der Waals surface area contributed by atoms with Gasteiger partial charge >= 0.3 is 0 Å². The molecule has 6 heteroatoms. The van der Waals surface area contributed by atoms with Crippen LogP contribution in [0.15, 0.2) is 23.2 Å². The number of guanidine groups is 1. The average molecular weight is 417 g/mol. The molecule has 1 aromatic rings. The number of likely N-dealkylation sites (tertiary alicyclic amines) is 1. The highest BCUT2D eigenvalue weighted by Gasteiger charge is 2.17. The molecule has 0 aliphatic carbocycles. The lowest BCUT2D eigenvalue weighted by Gasteiger charge is -2.31. The molecule has 0 unspecified atom stereocenters. The maximum Gasteiger partial charge on any atom is 0.191 e. The molecule has 1 aromatic carbocycles. The van der Waals surface area contributed by atoms with E-state index in [1.54, 1.807) is 0 Å². The van der Waals surface area contributed by atoms with E-state index in [1.807, 2.05) is 18.2 Å². The molecule has 5 nitrogen and oxygen atoms in total. The minimum Gasteiger partial charge on any atom is -0.486 e.